The number of ether oxygens (including phenoxy) is 1. The summed E-state index contributed by atoms with van der Waals surface area (Å²) in [4.78, 5) is 24.5. The Labute approximate surface area is 177 Å². The molecule has 3 aromatic rings. The monoisotopic (exact) mass is 402 g/mol. The first kappa shape index (κ1) is 21.1. The number of carbonyl (C=O) groups excluding carboxylic acids is 2. The van der Waals surface area contributed by atoms with Crippen LogP contribution in [0.5, 0.6) is 5.75 Å². The second kappa shape index (κ2) is 9.27. The van der Waals surface area contributed by atoms with Crippen LogP contribution in [0, 0.1) is 0 Å². The van der Waals surface area contributed by atoms with Gasteiger partial charge < -0.3 is 15.4 Å². The topological polar surface area (TPSA) is 67.4 Å². The molecule has 0 heterocycles. The fraction of sp³-hybridized carbons (Fsp3) is 0.200. The Morgan fingerprint density at radius 1 is 0.767 bits per heavy atom. The Morgan fingerprint density at radius 3 is 1.90 bits per heavy atom. The number of amides is 2. The van der Waals surface area contributed by atoms with Crippen LogP contribution in [0.2, 0.25) is 0 Å². The zero-order chi connectivity index (χ0) is 21.6. The van der Waals surface area contributed by atoms with Gasteiger partial charge in [-0.3, -0.25) is 9.59 Å². The van der Waals surface area contributed by atoms with Crippen LogP contribution in [0.3, 0.4) is 0 Å². The molecule has 5 nitrogen and oxygen atoms in total. The molecule has 2 N–H and O–H groups in total. The van der Waals surface area contributed by atoms with E-state index in [0.717, 1.165) is 0 Å². The lowest BCUT2D eigenvalue weighted by atomic mass is 9.87. The first-order valence-electron chi connectivity index (χ1n) is 9.81. The number of hydrogen-bond acceptors (Lipinski definition) is 3. The summed E-state index contributed by atoms with van der Waals surface area (Å²) in [7, 11) is 0. The van der Waals surface area contributed by atoms with Gasteiger partial charge in [-0.2, -0.15) is 0 Å². The lowest BCUT2D eigenvalue weighted by Gasteiger charge is -2.19. The fourth-order valence-electron chi connectivity index (χ4n) is 2.82. The van der Waals surface area contributed by atoms with Crippen LogP contribution in [-0.4, -0.2) is 18.4 Å². The predicted octanol–water partition coefficient (Wildman–Crippen LogP) is 5.25. The minimum absolute atomic E-state index is 0.0431. The number of anilines is 2. The van der Waals surface area contributed by atoms with Crippen LogP contribution in [-0.2, 0) is 10.2 Å². The zero-order valence-electron chi connectivity index (χ0n) is 17.4. The summed E-state index contributed by atoms with van der Waals surface area (Å²) in [5.74, 6) is 0.208. The highest BCUT2D eigenvalue weighted by Crippen LogP contribution is 2.22. The molecule has 3 rings (SSSR count). The smallest absolute Gasteiger partial charge is 0.262 e. The number of para-hydroxylation sites is 1. The molecule has 0 aliphatic rings. The molecule has 0 unspecified atom stereocenters. The summed E-state index contributed by atoms with van der Waals surface area (Å²) >= 11 is 0. The van der Waals surface area contributed by atoms with Crippen LogP contribution in [0.15, 0.2) is 78.9 Å². The molecule has 0 atom stereocenters. The minimum atomic E-state index is -0.255. The zero-order valence-corrected chi connectivity index (χ0v) is 17.4. The maximum absolute atomic E-state index is 12.5. The number of carbonyl (C=O) groups is 2. The minimum Gasteiger partial charge on any atom is -0.484 e. The maximum atomic E-state index is 12.5. The van der Waals surface area contributed by atoms with Crippen LogP contribution >= 0.6 is 0 Å². The van der Waals surface area contributed by atoms with E-state index in [1.54, 1.807) is 36.4 Å². The normalized spacial score (nSPS) is 10.9. The molecule has 0 aliphatic carbocycles. The van der Waals surface area contributed by atoms with Gasteiger partial charge in [-0.1, -0.05) is 51.1 Å². The number of rotatable bonds is 6. The van der Waals surface area contributed by atoms with Crippen LogP contribution < -0.4 is 15.4 Å². The Bertz CT molecular complexity index is 989. The van der Waals surface area contributed by atoms with Crippen molar-refractivity contribution in [1.29, 1.82) is 0 Å². The molecule has 0 aliphatic heterocycles. The molecule has 2 amide bonds. The summed E-state index contributed by atoms with van der Waals surface area (Å²) < 4.78 is 5.43. The molecule has 3 aromatic carbocycles. The highest BCUT2D eigenvalue weighted by atomic mass is 16.5. The molecule has 0 radical (unpaired) electrons. The average Bonchev–Trinajstić information content (AvgIpc) is 2.74. The third-order valence-corrected chi connectivity index (χ3v) is 4.55. The van der Waals surface area contributed by atoms with Gasteiger partial charge in [0, 0.05) is 16.9 Å². The summed E-state index contributed by atoms with van der Waals surface area (Å²) in [6, 6.07) is 23.7. The van der Waals surface area contributed by atoms with Crippen LogP contribution in [0.25, 0.3) is 0 Å². The van der Waals surface area contributed by atoms with E-state index in [9.17, 15) is 9.59 Å². The van der Waals surface area contributed by atoms with Gasteiger partial charge in [0.05, 0.1) is 0 Å². The van der Waals surface area contributed by atoms with Gasteiger partial charge >= 0.3 is 0 Å². The standard InChI is InChI=1S/C25H26N2O3/c1-25(2,3)19-11-9-18(10-12-19)24(29)27-21-15-13-20(14-16-21)26-23(28)17-30-22-7-5-4-6-8-22/h4-16H,17H2,1-3H3,(H,26,28)(H,27,29). The number of benzene rings is 3. The van der Waals surface area contributed by atoms with E-state index < -0.39 is 0 Å². The van der Waals surface area contributed by atoms with Gasteiger partial charge in [0.25, 0.3) is 11.8 Å². The molecule has 0 saturated carbocycles. The van der Waals surface area contributed by atoms with Crippen LogP contribution in [0.4, 0.5) is 11.4 Å². The second-order valence-electron chi connectivity index (χ2n) is 8.01. The highest BCUT2D eigenvalue weighted by molar-refractivity contribution is 6.04. The maximum Gasteiger partial charge on any atom is 0.262 e. The molecule has 154 valence electrons. The Hall–Kier alpha value is -3.60. The van der Waals surface area contributed by atoms with Crippen molar-refractivity contribution in [2.75, 3.05) is 17.2 Å². The number of nitrogens with one attached hydrogen (secondary N) is 2. The van der Waals surface area contributed by atoms with Gasteiger partial charge in [0.15, 0.2) is 6.61 Å². The van der Waals surface area contributed by atoms with Gasteiger partial charge in [0.1, 0.15) is 5.75 Å². The van der Waals surface area contributed by atoms with E-state index in [1.807, 2.05) is 42.5 Å². The molecule has 0 aromatic heterocycles. The van der Waals surface area contributed by atoms with E-state index in [2.05, 4.69) is 31.4 Å². The summed E-state index contributed by atoms with van der Waals surface area (Å²) in [5.41, 5.74) is 3.10. The highest BCUT2D eigenvalue weighted by Gasteiger charge is 2.14. The largest absolute Gasteiger partial charge is 0.484 e. The van der Waals surface area contributed by atoms with Gasteiger partial charge in [-0.15, -0.1) is 0 Å². The molecule has 0 spiro atoms. The van der Waals surface area contributed by atoms with Crippen molar-refractivity contribution in [3.8, 4) is 5.75 Å². The Morgan fingerprint density at radius 2 is 1.33 bits per heavy atom. The van der Waals surface area contributed by atoms with Gasteiger partial charge in [0.2, 0.25) is 0 Å². The molecule has 0 bridgehead atoms. The van der Waals surface area contributed by atoms with Crippen LogP contribution in [0.1, 0.15) is 36.7 Å². The molecule has 0 fully saturated rings. The summed E-state index contributed by atoms with van der Waals surface area (Å²) in [6.07, 6.45) is 0. The quantitative estimate of drug-likeness (QED) is 0.591. The molecular formula is C25H26N2O3. The van der Waals surface area contributed by atoms with E-state index in [-0.39, 0.29) is 23.8 Å². The molecule has 30 heavy (non-hydrogen) atoms. The van der Waals surface area contributed by atoms with Crippen molar-refractivity contribution in [2.45, 2.75) is 26.2 Å². The predicted molar refractivity (Wildman–Crippen MR) is 120 cm³/mol. The van der Waals surface area contributed by atoms with E-state index in [0.29, 0.717) is 22.7 Å². The Kier molecular flexibility index (Phi) is 6.52. The molecule has 5 heteroatoms. The third kappa shape index (κ3) is 5.95. The summed E-state index contributed by atoms with van der Waals surface area (Å²) in [6.45, 7) is 6.33. The van der Waals surface area contributed by atoms with Crippen molar-refractivity contribution in [3.63, 3.8) is 0 Å². The SMILES string of the molecule is CC(C)(C)c1ccc(C(=O)Nc2ccc(NC(=O)COc3ccccc3)cc2)cc1. The third-order valence-electron chi connectivity index (χ3n) is 4.55. The molecular weight excluding hydrogens is 376 g/mol. The molecule has 0 saturated heterocycles. The van der Waals surface area contributed by atoms with Crippen molar-refractivity contribution in [2.24, 2.45) is 0 Å². The van der Waals surface area contributed by atoms with Crippen molar-refractivity contribution >= 4 is 23.2 Å². The van der Waals surface area contributed by atoms with Crippen molar-refractivity contribution < 1.29 is 14.3 Å². The Balaban J connectivity index is 1.52. The first-order chi connectivity index (χ1) is 14.3. The van der Waals surface area contributed by atoms with Crippen molar-refractivity contribution in [3.05, 3.63) is 90.0 Å². The first-order valence-corrected chi connectivity index (χ1v) is 9.81. The van der Waals surface area contributed by atoms with E-state index in [1.165, 1.54) is 5.56 Å². The summed E-state index contributed by atoms with van der Waals surface area (Å²) in [5, 5.41) is 5.64. The lowest BCUT2D eigenvalue weighted by molar-refractivity contribution is -0.118. The van der Waals surface area contributed by atoms with Gasteiger partial charge in [-0.25, -0.2) is 0 Å². The second-order valence-corrected chi connectivity index (χ2v) is 8.01. The van der Waals surface area contributed by atoms with E-state index >= 15 is 0 Å². The fourth-order valence-corrected chi connectivity index (χ4v) is 2.82. The van der Waals surface area contributed by atoms with Gasteiger partial charge in [-0.05, 0) is 59.5 Å². The average molecular weight is 402 g/mol. The lowest BCUT2D eigenvalue weighted by Crippen LogP contribution is -2.20. The van der Waals surface area contributed by atoms with Crippen molar-refractivity contribution in [1.82, 2.24) is 0 Å². The van der Waals surface area contributed by atoms with E-state index in [4.69, 9.17) is 4.74 Å². The number of hydrogen-bond donors (Lipinski definition) is 2.